The highest BCUT2D eigenvalue weighted by Crippen LogP contribution is 2.34. The van der Waals surface area contributed by atoms with Gasteiger partial charge in [0.2, 0.25) is 6.79 Å². The Kier molecular flexibility index (Phi) is 6.96. The van der Waals surface area contributed by atoms with E-state index in [9.17, 15) is 14.4 Å². The van der Waals surface area contributed by atoms with Crippen LogP contribution in [0.1, 0.15) is 46.4 Å². The summed E-state index contributed by atoms with van der Waals surface area (Å²) < 4.78 is 10.7. The van der Waals surface area contributed by atoms with Crippen molar-refractivity contribution in [1.82, 2.24) is 15.1 Å². The third kappa shape index (κ3) is 4.83. The average molecular weight is 533 g/mol. The summed E-state index contributed by atoms with van der Waals surface area (Å²) in [6.07, 6.45) is 1.98. The lowest BCUT2D eigenvalue weighted by Gasteiger charge is -2.33. The first-order valence-corrected chi connectivity index (χ1v) is 12.6. The smallest absolute Gasteiger partial charge is 0.264 e. The average Bonchev–Trinajstić information content (AvgIpc) is 3.53. The quantitative estimate of drug-likeness (QED) is 0.625. The molecule has 11 heteroatoms. The van der Waals surface area contributed by atoms with Crippen LogP contribution in [0.4, 0.5) is 0 Å². The Morgan fingerprint density at radius 3 is 2.11 bits per heavy atom. The molecule has 0 spiro atoms. The summed E-state index contributed by atoms with van der Waals surface area (Å²) in [6.45, 7) is 0.454. The number of amides is 3. The summed E-state index contributed by atoms with van der Waals surface area (Å²) in [5, 5.41) is 3.59. The first-order valence-electron chi connectivity index (χ1n) is 11.8. The fourth-order valence-electron chi connectivity index (χ4n) is 4.87. The molecule has 5 rings (SSSR count). The van der Waals surface area contributed by atoms with Crippen LogP contribution >= 0.6 is 23.2 Å². The van der Waals surface area contributed by atoms with Crippen LogP contribution in [0, 0.1) is 0 Å². The predicted octanol–water partition coefficient (Wildman–Crippen LogP) is 3.03. The van der Waals surface area contributed by atoms with Crippen molar-refractivity contribution in [3.05, 3.63) is 57.6 Å². The number of nitrogens with zero attached hydrogens (tertiary/aromatic N) is 2. The standard InChI is InChI=1S/C25H26Cl2N4O5/c26-18-7-1-14(11-19(18)27)24(33)30-9-10-31(23(30)22(32)29-17-5-3-16(28)4-6-17)25(34)15-2-8-20-21(12-15)36-13-35-20/h1-2,7-8,11-12,16-17,23H,3-6,9-10,13,28H2,(H,29,32). The number of halogens is 2. The molecule has 9 nitrogen and oxygen atoms in total. The Bertz CT molecular complexity index is 1200. The van der Waals surface area contributed by atoms with Crippen molar-refractivity contribution < 1.29 is 23.9 Å². The monoisotopic (exact) mass is 532 g/mol. The molecule has 2 heterocycles. The summed E-state index contributed by atoms with van der Waals surface area (Å²) in [6, 6.07) is 9.47. The maximum Gasteiger partial charge on any atom is 0.264 e. The molecule has 3 N–H and O–H groups in total. The summed E-state index contributed by atoms with van der Waals surface area (Å²) >= 11 is 12.1. The number of hydrogen-bond donors (Lipinski definition) is 2. The van der Waals surface area contributed by atoms with Crippen LogP contribution in [0.3, 0.4) is 0 Å². The molecule has 1 saturated carbocycles. The fraction of sp³-hybridized carbons (Fsp3) is 0.400. The molecule has 2 aromatic carbocycles. The SMILES string of the molecule is NC1CCC(NC(=O)C2N(C(=O)c3ccc(Cl)c(Cl)c3)CCN2C(=O)c2ccc3c(c2)OCO3)CC1. The van der Waals surface area contributed by atoms with Crippen LogP contribution in [-0.4, -0.2) is 65.7 Å². The molecule has 0 bridgehead atoms. The zero-order valence-corrected chi connectivity index (χ0v) is 20.9. The van der Waals surface area contributed by atoms with Crippen molar-refractivity contribution in [2.75, 3.05) is 19.9 Å². The number of ether oxygens (including phenoxy) is 2. The Balaban J connectivity index is 1.42. The van der Waals surface area contributed by atoms with E-state index in [0.29, 0.717) is 22.1 Å². The molecule has 190 valence electrons. The molecule has 0 radical (unpaired) electrons. The van der Waals surface area contributed by atoms with E-state index in [-0.39, 0.29) is 48.5 Å². The van der Waals surface area contributed by atoms with Gasteiger partial charge < -0.3 is 30.3 Å². The minimum absolute atomic E-state index is 0.0673. The third-order valence-electron chi connectivity index (χ3n) is 6.83. The molecule has 1 saturated heterocycles. The number of carbonyl (C=O) groups is 3. The molecule has 2 fully saturated rings. The van der Waals surface area contributed by atoms with Gasteiger partial charge in [-0.3, -0.25) is 14.4 Å². The number of fused-ring (bicyclic) bond motifs is 1. The molecule has 1 unspecified atom stereocenters. The van der Waals surface area contributed by atoms with Crippen LogP contribution in [0.2, 0.25) is 10.0 Å². The summed E-state index contributed by atoms with van der Waals surface area (Å²) in [5.74, 6) is -0.197. The Morgan fingerprint density at radius 1 is 0.833 bits per heavy atom. The van der Waals surface area contributed by atoms with Gasteiger partial charge in [0.05, 0.1) is 10.0 Å². The predicted molar refractivity (Wildman–Crippen MR) is 133 cm³/mol. The Hall–Kier alpha value is -3.01. The van der Waals surface area contributed by atoms with Crippen LogP contribution in [0.25, 0.3) is 0 Å². The third-order valence-corrected chi connectivity index (χ3v) is 7.57. The summed E-state index contributed by atoms with van der Waals surface area (Å²) in [4.78, 5) is 43.4. The number of benzene rings is 2. The van der Waals surface area contributed by atoms with Crippen molar-refractivity contribution in [3.8, 4) is 11.5 Å². The van der Waals surface area contributed by atoms with E-state index in [2.05, 4.69) is 5.32 Å². The fourth-order valence-corrected chi connectivity index (χ4v) is 5.16. The van der Waals surface area contributed by atoms with Crippen LogP contribution in [-0.2, 0) is 4.79 Å². The van der Waals surface area contributed by atoms with Crippen LogP contribution in [0.15, 0.2) is 36.4 Å². The second-order valence-electron chi connectivity index (χ2n) is 9.19. The van der Waals surface area contributed by atoms with E-state index < -0.39 is 18.0 Å². The molecule has 0 aromatic heterocycles. The number of nitrogens with one attached hydrogen (secondary N) is 1. The molecular weight excluding hydrogens is 507 g/mol. The van der Waals surface area contributed by atoms with Gasteiger partial charge in [-0.1, -0.05) is 23.2 Å². The summed E-state index contributed by atoms with van der Waals surface area (Å²) in [7, 11) is 0. The molecule has 36 heavy (non-hydrogen) atoms. The Labute approximate surface area is 218 Å². The molecule has 1 atom stereocenters. The molecule has 2 aromatic rings. The molecular formula is C25H26Cl2N4O5. The van der Waals surface area contributed by atoms with Gasteiger partial charge in [0.1, 0.15) is 0 Å². The van der Waals surface area contributed by atoms with Gasteiger partial charge in [-0.15, -0.1) is 0 Å². The number of rotatable bonds is 4. The second-order valence-corrected chi connectivity index (χ2v) is 10.0. The van der Waals surface area contributed by atoms with Crippen LogP contribution < -0.4 is 20.5 Å². The van der Waals surface area contributed by atoms with Gasteiger partial charge >= 0.3 is 0 Å². The van der Waals surface area contributed by atoms with E-state index in [1.54, 1.807) is 24.3 Å². The van der Waals surface area contributed by atoms with Crippen molar-refractivity contribution in [3.63, 3.8) is 0 Å². The highest BCUT2D eigenvalue weighted by Gasteiger charge is 2.44. The minimum atomic E-state index is -1.12. The lowest BCUT2D eigenvalue weighted by atomic mass is 9.92. The van der Waals surface area contributed by atoms with E-state index >= 15 is 0 Å². The lowest BCUT2D eigenvalue weighted by molar-refractivity contribution is -0.129. The van der Waals surface area contributed by atoms with E-state index in [1.807, 2.05) is 0 Å². The summed E-state index contributed by atoms with van der Waals surface area (Å²) in [5.41, 5.74) is 6.62. The molecule has 2 aliphatic heterocycles. The van der Waals surface area contributed by atoms with Crippen molar-refractivity contribution in [2.45, 2.75) is 43.9 Å². The van der Waals surface area contributed by atoms with E-state index in [4.69, 9.17) is 38.4 Å². The van der Waals surface area contributed by atoms with Crippen molar-refractivity contribution in [1.29, 1.82) is 0 Å². The van der Waals surface area contributed by atoms with Crippen LogP contribution in [0.5, 0.6) is 11.5 Å². The molecule has 3 aliphatic rings. The number of hydrogen-bond acceptors (Lipinski definition) is 6. The highest BCUT2D eigenvalue weighted by atomic mass is 35.5. The number of nitrogens with two attached hydrogens (primary N) is 1. The van der Waals surface area contributed by atoms with E-state index in [1.165, 1.54) is 21.9 Å². The normalized spacial score (nSPS) is 23.0. The zero-order valence-electron chi connectivity index (χ0n) is 19.4. The topological polar surface area (TPSA) is 114 Å². The second kappa shape index (κ2) is 10.2. The first kappa shape index (κ1) is 24.7. The van der Waals surface area contributed by atoms with Gasteiger partial charge in [-0.25, -0.2) is 0 Å². The van der Waals surface area contributed by atoms with Gasteiger partial charge in [0, 0.05) is 36.3 Å². The zero-order chi connectivity index (χ0) is 25.4. The first-order chi connectivity index (χ1) is 17.3. The maximum atomic E-state index is 13.6. The largest absolute Gasteiger partial charge is 0.454 e. The van der Waals surface area contributed by atoms with E-state index in [0.717, 1.165) is 25.7 Å². The van der Waals surface area contributed by atoms with Gasteiger partial charge in [-0.2, -0.15) is 0 Å². The number of carbonyl (C=O) groups excluding carboxylic acids is 3. The molecule has 1 aliphatic carbocycles. The Morgan fingerprint density at radius 2 is 1.44 bits per heavy atom. The van der Waals surface area contributed by atoms with Gasteiger partial charge in [-0.05, 0) is 62.1 Å². The van der Waals surface area contributed by atoms with Gasteiger partial charge in [0.25, 0.3) is 17.7 Å². The highest BCUT2D eigenvalue weighted by molar-refractivity contribution is 6.42. The van der Waals surface area contributed by atoms with Gasteiger partial charge in [0.15, 0.2) is 17.7 Å². The lowest BCUT2D eigenvalue weighted by Crippen LogP contribution is -2.56. The molecule has 3 amide bonds. The minimum Gasteiger partial charge on any atom is -0.454 e. The van der Waals surface area contributed by atoms with Crippen molar-refractivity contribution >= 4 is 40.9 Å². The maximum absolute atomic E-state index is 13.6. The van der Waals surface area contributed by atoms with Crippen molar-refractivity contribution in [2.24, 2.45) is 5.73 Å².